The number of hydrogen-bond donors (Lipinski definition) is 6. The minimum absolute atomic E-state index is 0.0260. The minimum atomic E-state index is -1.62. The third-order valence-corrected chi connectivity index (χ3v) is 11.4. The van der Waals surface area contributed by atoms with Crippen LogP contribution in [0, 0.1) is 4.91 Å². The largest absolute Gasteiger partial charge is 0.477 e. The number of carbonyl (C=O) groups is 4. The number of carbonyl (C=O) groups excluding carboxylic acids is 3. The second-order valence-corrected chi connectivity index (χ2v) is 14.6. The van der Waals surface area contributed by atoms with Crippen molar-refractivity contribution in [3.63, 3.8) is 0 Å². The lowest BCUT2D eigenvalue weighted by atomic mass is 10.0. The maximum atomic E-state index is 13.1. The van der Waals surface area contributed by atoms with Gasteiger partial charge in [-0.25, -0.2) is 9.78 Å². The highest BCUT2D eigenvalue weighted by Gasteiger charge is 2.55. The predicted octanol–water partition coefficient (Wildman–Crippen LogP) is 1.49. The summed E-state index contributed by atoms with van der Waals surface area (Å²) in [5, 5.41) is 17.5. The Morgan fingerprint density at radius 2 is 2.09 bits per heavy atom. The van der Waals surface area contributed by atoms with Crippen LogP contribution < -0.4 is 27.8 Å². The molecule has 0 radical (unpaired) electrons. The molecule has 0 aliphatic carbocycles. The minimum Gasteiger partial charge on any atom is -0.477 e. The van der Waals surface area contributed by atoms with E-state index in [1.54, 1.807) is 30.2 Å². The Balaban J connectivity index is 1.38. The number of carboxylic acid groups (broad SMARTS) is 1. The highest BCUT2D eigenvalue weighted by molar-refractivity contribution is 8.06. The summed E-state index contributed by atoms with van der Waals surface area (Å²) in [5.41, 5.74) is 17.5. The van der Waals surface area contributed by atoms with E-state index in [-0.39, 0.29) is 32.5 Å². The Bertz CT molecular complexity index is 1490. The van der Waals surface area contributed by atoms with Crippen LogP contribution in [-0.4, -0.2) is 85.7 Å². The van der Waals surface area contributed by atoms with Crippen molar-refractivity contribution in [2.24, 2.45) is 16.6 Å². The van der Waals surface area contributed by atoms with Crippen molar-refractivity contribution in [3.8, 4) is 0 Å². The average molecular weight is 716 g/mol. The fourth-order valence-electron chi connectivity index (χ4n) is 4.41. The highest BCUT2D eigenvalue weighted by atomic mass is 35.5. The first-order chi connectivity index (χ1) is 21.6. The first-order valence-electron chi connectivity index (χ1n) is 13.4. The maximum absolute atomic E-state index is 13.1. The van der Waals surface area contributed by atoms with Crippen LogP contribution in [0.4, 0.5) is 5.13 Å². The zero-order valence-corrected chi connectivity index (χ0v) is 27.5. The molecule has 4 atom stereocenters. The molecule has 4 rings (SSSR count). The monoisotopic (exact) mass is 715 g/mol. The summed E-state index contributed by atoms with van der Waals surface area (Å²) in [4.78, 5) is 72.4. The number of nitrogens with two attached hydrogens (primary N) is 3. The zero-order chi connectivity index (χ0) is 32.7. The Hall–Kier alpha value is -2.94. The normalized spacial score (nSPS) is 18.9. The van der Waals surface area contributed by atoms with Gasteiger partial charge in [-0.2, -0.15) is 11.8 Å². The quantitative estimate of drug-likeness (QED) is 0.0819. The molecule has 0 bridgehead atoms. The van der Waals surface area contributed by atoms with Crippen LogP contribution in [0.1, 0.15) is 30.1 Å². The summed E-state index contributed by atoms with van der Waals surface area (Å²) in [7, 11) is 0. The first-order valence-corrected chi connectivity index (χ1v) is 17.7. The van der Waals surface area contributed by atoms with Crippen LogP contribution in [0.5, 0.6) is 0 Å². The summed E-state index contributed by atoms with van der Waals surface area (Å²) >= 11 is 11.0. The molecule has 2 aliphatic rings. The van der Waals surface area contributed by atoms with Crippen molar-refractivity contribution < 1.29 is 24.3 Å². The van der Waals surface area contributed by atoms with Crippen LogP contribution in [0.2, 0.25) is 4.34 Å². The number of nitrogens with zero attached hydrogens (tertiary/aromatic N) is 4. The number of rotatable bonds is 16. The molecule has 1 unspecified atom stereocenters. The molecule has 2 aromatic heterocycles. The van der Waals surface area contributed by atoms with Crippen LogP contribution >= 0.6 is 58.2 Å². The molecule has 4 heterocycles. The number of anilines is 1. The lowest BCUT2D eigenvalue weighted by Gasteiger charge is -2.49. The van der Waals surface area contributed by atoms with Crippen LogP contribution in [0.15, 0.2) is 39.1 Å². The Morgan fingerprint density at radius 1 is 1.31 bits per heavy atom. The first kappa shape index (κ1) is 34.9. The second kappa shape index (κ2) is 16.1. The lowest BCUT2D eigenvalue weighted by molar-refractivity contribution is -0.150. The van der Waals surface area contributed by atoms with E-state index in [1.807, 2.05) is 0 Å². The van der Waals surface area contributed by atoms with E-state index in [1.165, 1.54) is 23.5 Å². The van der Waals surface area contributed by atoms with Gasteiger partial charge in [-0.3, -0.25) is 24.3 Å². The maximum Gasteiger partial charge on any atom is 0.353 e. The molecule has 45 heavy (non-hydrogen) atoms. The van der Waals surface area contributed by atoms with Gasteiger partial charge in [0, 0.05) is 46.0 Å². The summed E-state index contributed by atoms with van der Waals surface area (Å²) in [6.45, 7) is 0.902. The number of aromatic nitrogens is 2. The van der Waals surface area contributed by atoms with E-state index >= 15 is 0 Å². The number of pyridine rings is 1. The Labute approximate surface area is 279 Å². The fourth-order valence-corrected chi connectivity index (χ4v) is 8.88. The molecule has 0 aromatic carbocycles. The second-order valence-electron chi connectivity index (χ2n) is 9.66. The standard InChI is InChI=1S/C25H30ClN9O6S4/c26-19-15(33-25(29)45-19)16(34-41)21(37)32-17-22(38)35-18(24(39)40)14(10-43-23(17)35)44-13-3-5-30-8-11(13)9-42-7-6-31-20(36)12(28)2-1-4-27/h3,5,8,12,16-17,23H,1-2,4,6-7,9-10,27-28H2,(H2,29,33)(H,31,36)(H,32,37)(H,39,40)/t12-,16?,17+,23-/m0/s1. The van der Waals surface area contributed by atoms with E-state index in [2.05, 4.69) is 25.8 Å². The van der Waals surface area contributed by atoms with E-state index in [0.717, 1.165) is 26.7 Å². The molecule has 0 spiro atoms. The van der Waals surface area contributed by atoms with Crippen molar-refractivity contribution in [1.29, 1.82) is 0 Å². The topological polar surface area (TPSA) is 249 Å². The molecular formula is C25H30ClN9O6S4. The van der Waals surface area contributed by atoms with E-state index in [0.29, 0.717) is 42.3 Å². The smallest absolute Gasteiger partial charge is 0.353 e. The number of amides is 3. The van der Waals surface area contributed by atoms with Crippen molar-refractivity contribution >= 4 is 87.0 Å². The number of aliphatic carboxylic acids is 1. The molecule has 15 nitrogen and oxygen atoms in total. The molecule has 0 saturated carbocycles. The van der Waals surface area contributed by atoms with Crippen LogP contribution in [-0.2, 0) is 24.9 Å². The van der Waals surface area contributed by atoms with E-state index < -0.39 is 41.3 Å². The third-order valence-electron chi connectivity index (χ3n) is 6.62. The number of nitroso groups, excluding NO2 is 1. The van der Waals surface area contributed by atoms with Gasteiger partial charge < -0.3 is 32.9 Å². The number of thioether (sulfide) groups is 3. The van der Waals surface area contributed by atoms with Gasteiger partial charge in [0.2, 0.25) is 11.9 Å². The number of halogens is 1. The van der Waals surface area contributed by atoms with Crippen molar-refractivity contribution in [2.75, 3.05) is 30.3 Å². The molecule has 3 amide bonds. The van der Waals surface area contributed by atoms with Gasteiger partial charge >= 0.3 is 5.97 Å². The molecule has 1 fully saturated rings. The molecule has 2 aromatic rings. The fraction of sp³-hybridized carbons (Fsp3) is 0.440. The summed E-state index contributed by atoms with van der Waals surface area (Å²) < 4.78 is 0.0260. The van der Waals surface area contributed by atoms with E-state index in [9.17, 15) is 29.2 Å². The SMILES string of the molecule is NCCC[C@H](N)C(=O)NCCSCc1cnccc1SC1=C(C(=O)O)N2C(=O)[C@@H](NC(=O)C(N=O)c3nc(N)sc3Cl)[C@@H]2SC1. The van der Waals surface area contributed by atoms with Gasteiger partial charge in [-0.05, 0) is 36.2 Å². The van der Waals surface area contributed by atoms with Gasteiger partial charge in [-0.15, -0.1) is 16.7 Å². The molecule has 1 saturated heterocycles. The molecule has 9 N–H and O–H groups in total. The lowest BCUT2D eigenvalue weighted by Crippen LogP contribution is -2.70. The van der Waals surface area contributed by atoms with Crippen LogP contribution in [0.25, 0.3) is 0 Å². The van der Waals surface area contributed by atoms with Crippen LogP contribution in [0.3, 0.4) is 0 Å². The van der Waals surface area contributed by atoms with Crippen molar-refractivity contribution in [3.05, 3.63) is 49.6 Å². The zero-order valence-electron chi connectivity index (χ0n) is 23.5. The van der Waals surface area contributed by atoms with Crippen molar-refractivity contribution in [1.82, 2.24) is 25.5 Å². The number of thiazole rings is 1. The molecule has 242 valence electrons. The number of hydrogen-bond acceptors (Lipinski definition) is 15. The van der Waals surface area contributed by atoms with Gasteiger partial charge in [0.05, 0.1) is 6.04 Å². The summed E-state index contributed by atoms with van der Waals surface area (Å²) in [6, 6.07) is -1.53. The molecule has 2 aliphatic heterocycles. The van der Waals surface area contributed by atoms with Gasteiger partial charge in [0.1, 0.15) is 27.1 Å². The van der Waals surface area contributed by atoms with Gasteiger partial charge in [0.15, 0.2) is 5.13 Å². The molecular weight excluding hydrogens is 686 g/mol. The number of nitrogen functional groups attached to an aromatic ring is 1. The number of β-lactam (4-membered cyclic amide) rings is 1. The summed E-state index contributed by atoms with van der Waals surface area (Å²) in [6.07, 6.45) is 4.48. The van der Waals surface area contributed by atoms with Gasteiger partial charge in [-0.1, -0.05) is 34.7 Å². The Kier molecular flexibility index (Phi) is 12.5. The number of nitrogens with one attached hydrogen (secondary N) is 2. The number of fused-ring (bicyclic) bond motifs is 1. The third kappa shape index (κ3) is 8.27. The highest BCUT2D eigenvalue weighted by Crippen LogP contribution is 2.46. The van der Waals surface area contributed by atoms with E-state index in [4.69, 9.17) is 28.8 Å². The summed E-state index contributed by atoms with van der Waals surface area (Å²) in [5.74, 6) is -1.63. The van der Waals surface area contributed by atoms with Gasteiger partial charge in [0.25, 0.3) is 11.8 Å². The Morgan fingerprint density at radius 3 is 2.76 bits per heavy atom. The average Bonchev–Trinajstić information content (AvgIpc) is 3.35. The number of carboxylic acids is 1. The predicted molar refractivity (Wildman–Crippen MR) is 175 cm³/mol. The molecule has 20 heteroatoms. The van der Waals surface area contributed by atoms with Crippen molar-refractivity contribution in [2.45, 2.75) is 47.0 Å².